The Bertz CT molecular complexity index is 953. The van der Waals surface area contributed by atoms with Gasteiger partial charge in [-0.15, -0.1) is 11.3 Å². The number of aryl methyl sites for hydroxylation is 1. The van der Waals surface area contributed by atoms with Gasteiger partial charge in [0.2, 0.25) is 17.7 Å². The number of carbonyl (C=O) groups is 3. The quantitative estimate of drug-likeness (QED) is 0.809. The number of halogens is 1. The Morgan fingerprint density at radius 1 is 1.17 bits per heavy atom. The normalized spacial score (nSPS) is 19.9. The molecule has 0 aliphatic carbocycles. The van der Waals surface area contributed by atoms with Crippen molar-refractivity contribution in [2.45, 2.75) is 26.2 Å². The Morgan fingerprint density at radius 2 is 1.87 bits per heavy atom. The smallest absolute Gasteiger partial charge is 0.229 e. The molecule has 1 N–H and O–H groups in total. The van der Waals surface area contributed by atoms with Gasteiger partial charge in [-0.25, -0.2) is 9.37 Å². The molecule has 30 heavy (non-hydrogen) atoms. The van der Waals surface area contributed by atoms with E-state index in [9.17, 15) is 18.8 Å². The highest BCUT2D eigenvalue weighted by Gasteiger charge is 2.38. The molecule has 2 fully saturated rings. The molecule has 1 aromatic carbocycles. The summed E-state index contributed by atoms with van der Waals surface area (Å²) in [6.07, 6.45) is 1.33. The average molecular weight is 431 g/mol. The van der Waals surface area contributed by atoms with Crippen molar-refractivity contribution in [1.82, 2.24) is 9.88 Å². The number of aromatic nitrogens is 1. The Kier molecular flexibility index (Phi) is 5.80. The van der Waals surface area contributed by atoms with Crippen molar-refractivity contribution in [3.63, 3.8) is 0 Å². The van der Waals surface area contributed by atoms with E-state index >= 15 is 0 Å². The third-order valence-corrected chi connectivity index (χ3v) is 6.51. The van der Waals surface area contributed by atoms with Crippen LogP contribution in [0, 0.1) is 24.6 Å². The lowest BCUT2D eigenvalue weighted by Crippen LogP contribution is -2.44. The zero-order valence-electron chi connectivity index (χ0n) is 16.6. The highest BCUT2D eigenvalue weighted by atomic mass is 32.1. The number of nitrogens with one attached hydrogen (secondary N) is 1. The van der Waals surface area contributed by atoms with Crippen LogP contribution in [0.3, 0.4) is 0 Å². The van der Waals surface area contributed by atoms with Crippen molar-refractivity contribution in [3.8, 4) is 0 Å². The molecule has 9 heteroatoms. The van der Waals surface area contributed by atoms with Crippen LogP contribution >= 0.6 is 11.3 Å². The predicted molar refractivity (Wildman–Crippen MR) is 112 cm³/mol. The topological polar surface area (TPSA) is 82.6 Å². The van der Waals surface area contributed by atoms with E-state index in [1.807, 2.05) is 12.3 Å². The summed E-state index contributed by atoms with van der Waals surface area (Å²) in [5.74, 6) is -1.18. The summed E-state index contributed by atoms with van der Waals surface area (Å²) in [4.78, 5) is 45.3. The number of anilines is 2. The third kappa shape index (κ3) is 4.35. The molecule has 0 unspecified atom stereocenters. The molecule has 4 rings (SSSR count). The van der Waals surface area contributed by atoms with Gasteiger partial charge in [0.25, 0.3) is 0 Å². The van der Waals surface area contributed by atoms with Crippen LogP contribution in [-0.2, 0) is 14.4 Å². The van der Waals surface area contributed by atoms with Crippen LogP contribution in [0.5, 0.6) is 0 Å². The van der Waals surface area contributed by atoms with Crippen LogP contribution in [0.2, 0.25) is 0 Å². The van der Waals surface area contributed by atoms with Crippen LogP contribution in [-0.4, -0.2) is 47.2 Å². The molecular formula is C21H23FN4O3S. The van der Waals surface area contributed by atoms with Crippen LogP contribution < -0.4 is 10.2 Å². The van der Waals surface area contributed by atoms with E-state index in [1.54, 1.807) is 17.0 Å². The molecule has 2 aliphatic heterocycles. The first-order chi connectivity index (χ1) is 14.4. The van der Waals surface area contributed by atoms with Gasteiger partial charge in [-0.1, -0.05) is 0 Å². The van der Waals surface area contributed by atoms with E-state index in [0.717, 1.165) is 5.69 Å². The van der Waals surface area contributed by atoms with Crippen LogP contribution in [0.1, 0.15) is 25.0 Å². The summed E-state index contributed by atoms with van der Waals surface area (Å²) >= 11 is 1.40. The fraction of sp³-hybridized carbons (Fsp3) is 0.429. The van der Waals surface area contributed by atoms with Gasteiger partial charge in [-0.3, -0.25) is 14.4 Å². The van der Waals surface area contributed by atoms with E-state index in [0.29, 0.717) is 43.3 Å². The summed E-state index contributed by atoms with van der Waals surface area (Å²) in [5, 5.41) is 5.33. The van der Waals surface area contributed by atoms with Crippen molar-refractivity contribution in [2.75, 3.05) is 29.9 Å². The number of likely N-dealkylation sites (tertiary alicyclic amines) is 1. The number of nitrogens with zero attached hydrogens (tertiary/aromatic N) is 3. The van der Waals surface area contributed by atoms with E-state index in [-0.39, 0.29) is 35.9 Å². The number of benzene rings is 1. The lowest BCUT2D eigenvalue weighted by molar-refractivity contribution is -0.138. The molecule has 0 spiro atoms. The number of hydrogen-bond donors (Lipinski definition) is 1. The molecule has 2 aliphatic rings. The molecule has 3 heterocycles. The predicted octanol–water partition coefficient (Wildman–Crippen LogP) is 2.82. The summed E-state index contributed by atoms with van der Waals surface area (Å²) < 4.78 is 13.1. The molecular weight excluding hydrogens is 407 g/mol. The van der Waals surface area contributed by atoms with Gasteiger partial charge in [-0.2, -0.15) is 0 Å². The van der Waals surface area contributed by atoms with Gasteiger partial charge >= 0.3 is 0 Å². The van der Waals surface area contributed by atoms with Gasteiger partial charge < -0.3 is 15.1 Å². The number of carbonyl (C=O) groups excluding carboxylic acids is 3. The minimum absolute atomic E-state index is 0.0534. The highest BCUT2D eigenvalue weighted by Crippen LogP contribution is 2.28. The van der Waals surface area contributed by atoms with Crippen molar-refractivity contribution in [1.29, 1.82) is 0 Å². The number of rotatable bonds is 4. The highest BCUT2D eigenvalue weighted by molar-refractivity contribution is 7.13. The van der Waals surface area contributed by atoms with Crippen LogP contribution in [0.4, 0.5) is 15.2 Å². The zero-order valence-corrected chi connectivity index (χ0v) is 17.5. The maximum atomic E-state index is 13.1. The monoisotopic (exact) mass is 430 g/mol. The zero-order chi connectivity index (χ0) is 21.3. The average Bonchev–Trinajstić information content (AvgIpc) is 3.33. The molecule has 158 valence electrons. The fourth-order valence-corrected chi connectivity index (χ4v) is 4.67. The number of thiazole rings is 1. The second-order valence-corrected chi connectivity index (χ2v) is 8.62. The fourth-order valence-electron chi connectivity index (χ4n) is 3.98. The van der Waals surface area contributed by atoms with Crippen LogP contribution in [0.15, 0.2) is 29.6 Å². The van der Waals surface area contributed by atoms with Gasteiger partial charge in [0.05, 0.1) is 11.6 Å². The number of hydrogen-bond acceptors (Lipinski definition) is 5. The van der Waals surface area contributed by atoms with Gasteiger partial charge in [-0.05, 0) is 44.0 Å². The second kappa shape index (κ2) is 8.51. The number of amides is 3. The van der Waals surface area contributed by atoms with E-state index in [2.05, 4.69) is 10.3 Å². The standard InChI is InChI=1S/C21H23FN4O3S/c1-13-12-30-21(23-13)24-19(28)14-6-8-25(9-7-14)20(29)15-10-18(27)26(11-15)17-4-2-16(22)3-5-17/h2-5,12,14-15H,6-11H2,1H3,(H,23,24,28)/t15-/m1/s1. The molecule has 1 atom stereocenters. The molecule has 0 radical (unpaired) electrons. The van der Waals surface area contributed by atoms with E-state index < -0.39 is 5.92 Å². The Hall–Kier alpha value is -2.81. The van der Waals surface area contributed by atoms with Gasteiger partial charge in [0.15, 0.2) is 5.13 Å². The largest absolute Gasteiger partial charge is 0.342 e. The summed E-state index contributed by atoms with van der Waals surface area (Å²) in [7, 11) is 0. The molecule has 1 aromatic heterocycles. The first-order valence-electron chi connectivity index (χ1n) is 9.98. The molecule has 2 aromatic rings. The minimum atomic E-state index is -0.411. The van der Waals surface area contributed by atoms with Crippen LogP contribution in [0.25, 0.3) is 0 Å². The minimum Gasteiger partial charge on any atom is -0.342 e. The van der Waals surface area contributed by atoms with Gasteiger partial charge in [0.1, 0.15) is 5.82 Å². The Labute approximate surface area is 177 Å². The van der Waals surface area contributed by atoms with E-state index in [4.69, 9.17) is 0 Å². The second-order valence-electron chi connectivity index (χ2n) is 7.76. The molecule has 2 saturated heterocycles. The summed E-state index contributed by atoms with van der Waals surface area (Å²) in [6.45, 7) is 3.17. The lowest BCUT2D eigenvalue weighted by Gasteiger charge is -2.32. The van der Waals surface area contributed by atoms with Gasteiger partial charge in [0, 0.05) is 43.0 Å². The first kappa shape index (κ1) is 20.5. The van der Waals surface area contributed by atoms with Crippen molar-refractivity contribution >= 4 is 39.9 Å². The molecule has 0 saturated carbocycles. The summed E-state index contributed by atoms with van der Waals surface area (Å²) in [6, 6.07) is 5.71. The molecule has 7 nitrogen and oxygen atoms in total. The van der Waals surface area contributed by atoms with Crippen molar-refractivity contribution in [3.05, 3.63) is 41.2 Å². The maximum Gasteiger partial charge on any atom is 0.229 e. The van der Waals surface area contributed by atoms with Crippen molar-refractivity contribution < 1.29 is 18.8 Å². The lowest BCUT2D eigenvalue weighted by atomic mass is 9.94. The SMILES string of the molecule is Cc1csc(NC(=O)C2CCN(C(=O)[C@@H]3CC(=O)N(c4ccc(F)cc4)C3)CC2)n1. The maximum absolute atomic E-state index is 13.1. The first-order valence-corrected chi connectivity index (χ1v) is 10.9. The number of piperidine rings is 1. The summed E-state index contributed by atoms with van der Waals surface area (Å²) in [5.41, 5.74) is 1.47. The van der Waals surface area contributed by atoms with E-state index in [1.165, 1.54) is 28.4 Å². The Balaban J connectivity index is 1.30. The third-order valence-electron chi connectivity index (χ3n) is 5.64. The van der Waals surface area contributed by atoms with Crippen molar-refractivity contribution in [2.24, 2.45) is 11.8 Å². The molecule has 0 bridgehead atoms. The Morgan fingerprint density at radius 3 is 2.50 bits per heavy atom. The molecule has 3 amide bonds.